The van der Waals surface area contributed by atoms with Crippen LogP contribution in [0.4, 0.5) is 5.69 Å². The summed E-state index contributed by atoms with van der Waals surface area (Å²) in [6, 6.07) is 12.8. The number of hydrogen-bond donors (Lipinski definition) is 2. The van der Waals surface area contributed by atoms with Crippen molar-refractivity contribution in [1.82, 2.24) is 14.9 Å². The molecule has 1 heterocycles. The van der Waals surface area contributed by atoms with E-state index in [2.05, 4.69) is 20.2 Å². The van der Waals surface area contributed by atoms with Crippen molar-refractivity contribution >= 4 is 33.2 Å². The van der Waals surface area contributed by atoms with Crippen LogP contribution in [0.2, 0.25) is 5.02 Å². The summed E-state index contributed by atoms with van der Waals surface area (Å²) in [6.45, 7) is 1.47. The molecule has 146 valence electrons. The van der Waals surface area contributed by atoms with Gasteiger partial charge < -0.3 is 9.84 Å². The first-order valence-electron chi connectivity index (χ1n) is 8.29. The summed E-state index contributed by atoms with van der Waals surface area (Å²) in [5, 5.41) is 7.06. The van der Waals surface area contributed by atoms with Gasteiger partial charge in [-0.25, -0.2) is 13.1 Å². The molecule has 0 spiro atoms. The number of nitrogens with one attached hydrogen (secondary N) is 2. The normalized spacial score (nSPS) is 11.4. The van der Waals surface area contributed by atoms with Gasteiger partial charge in [0.05, 0.1) is 4.90 Å². The van der Waals surface area contributed by atoms with Gasteiger partial charge >= 0.3 is 0 Å². The van der Waals surface area contributed by atoms with Crippen LogP contribution in [-0.4, -0.2) is 31.0 Å². The zero-order valence-corrected chi connectivity index (χ0v) is 16.4. The van der Waals surface area contributed by atoms with Crippen molar-refractivity contribution in [2.24, 2.45) is 0 Å². The fourth-order valence-corrected chi connectivity index (χ4v) is 3.53. The molecule has 0 fully saturated rings. The van der Waals surface area contributed by atoms with E-state index in [4.69, 9.17) is 16.1 Å². The minimum atomic E-state index is -3.69. The monoisotopic (exact) mass is 420 g/mol. The molecule has 0 saturated heterocycles. The van der Waals surface area contributed by atoms with Gasteiger partial charge in [-0.3, -0.25) is 4.79 Å². The molecule has 0 bridgehead atoms. The van der Waals surface area contributed by atoms with Crippen molar-refractivity contribution in [3.05, 3.63) is 59.4 Å². The van der Waals surface area contributed by atoms with Crippen LogP contribution in [0.3, 0.4) is 0 Å². The van der Waals surface area contributed by atoms with Gasteiger partial charge in [0, 0.05) is 36.2 Å². The van der Waals surface area contributed by atoms with E-state index in [0.29, 0.717) is 22.4 Å². The molecular formula is C18H17ClN4O4S. The Bertz CT molecular complexity index is 1060. The van der Waals surface area contributed by atoms with Crippen molar-refractivity contribution in [2.45, 2.75) is 18.2 Å². The van der Waals surface area contributed by atoms with Crippen LogP contribution in [0, 0.1) is 0 Å². The fourth-order valence-electron chi connectivity index (χ4n) is 2.37. The number of carbonyl (C=O) groups excluding carboxylic acids is 1. The van der Waals surface area contributed by atoms with Gasteiger partial charge in [0.15, 0.2) is 0 Å². The molecular weight excluding hydrogens is 404 g/mol. The summed E-state index contributed by atoms with van der Waals surface area (Å²) >= 11 is 5.85. The number of amides is 1. The Hall–Kier alpha value is -2.75. The van der Waals surface area contributed by atoms with Crippen LogP contribution in [0.25, 0.3) is 11.4 Å². The molecule has 3 rings (SSSR count). The Kier molecular flexibility index (Phi) is 6.08. The largest absolute Gasteiger partial charge is 0.339 e. The summed E-state index contributed by atoms with van der Waals surface area (Å²) in [5.74, 6) is 0.489. The average Bonchev–Trinajstić information content (AvgIpc) is 3.11. The lowest BCUT2D eigenvalue weighted by Crippen LogP contribution is -2.26. The van der Waals surface area contributed by atoms with Gasteiger partial charge in [0.25, 0.3) is 0 Å². The van der Waals surface area contributed by atoms with Crippen molar-refractivity contribution in [3.63, 3.8) is 0 Å². The van der Waals surface area contributed by atoms with Crippen molar-refractivity contribution in [2.75, 3.05) is 11.9 Å². The lowest BCUT2D eigenvalue weighted by Gasteiger charge is -2.07. The summed E-state index contributed by atoms with van der Waals surface area (Å²) in [5.41, 5.74) is 1.27. The molecule has 0 aliphatic heterocycles. The van der Waals surface area contributed by atoms with E-state index in [1.54, 1.807) is 24.3 Å². The maximum atomic E-state index is 12.3. The predicted molar refractivity (Wildman–Crippen MR) is 104 cm³/mol. The highest BCUT2D eigenvalue weighted by atomic mass is 35.5. The highest BCUT2D eigenvalue weighted by Gasteiger charge is 2.15. The van der Waals surface area contributed by atoms with E-state index in [9.17, 15) is 13.2 Å². The quantitative estimate of drug-likeness (QED) is 0.607. The van der Waals surface area contributed by atoms with Gasteiger partial charge in [-0.15, -0.1) is 0 Å². The number of anilines is 1. The number of carbonyl (C=O) groups is 1. The van der Waals surface area contributed by atoms with Gasteiger partial charge in [-0.05, 0) is 48.5 Å². The first-order chi connectivity index (χ1) is 13.3. The topological polar surface area (TPSA) is 114 Å². The van der Waals surface area contributed by atoms with Crippen LogP contribution in [-0.2, 0) is 21.2 Å². The SMILES string of the molecule is CC(=O)Nc1ccc(S(=O)(=O)NCCc2nc(-c3ccc(Cl)cc3)no2)cc1. The van der Waals surface area contributed by atoms with Gasteiger partial charge in [-0.2, -0.15) is 4.98 Å². The fraction of sp³-hybridized carbons (Fsp3) is 0.167. The predicted octanol–water partition coefficient (Wildman–Crippen LogP) is 2.87. The molecule has 2 aromatic carbocycles. The summed E-state index contributed by atoms with van der Waals surface area (Å²) < 4.78 is 32.3. The summed E-state index contributed by atoms with van der Waals surface area (Å²) in [7, 11) is -3.69. The smallest absolute Gasteiger partial charge is 0.240 e. The number of rotatable bonds is 7. The van der Waals surface area contributed by atoms with E-state index < -0.39 is 10.0 Å². The van der Waals surface area contributed by atoms with Crippen LogP contribution in [0.15, 0.2) is 57.9 Å². The molecule has 8 nitrogen and oxygen atoms in total. The van der Waals surface area contributed by atoms with Crippen LogP contribution >= 0.6 is 11.6 Å². The van der Waals surface area contributed by atoms with E-state index in [1.165, 1.54) is 31.2 Å². The van der Waals surface area contributed by atoms with E-state index in [0.717, 1.165) is 5.56 Å². The average molecular weight is 421 g/mol. The molecule has 0 atom stereocenters. The highest BCUT2D eigenvalue weighted by molar-refractivity contribution is 7.89. The Morgan fingerprint density at radius 3 is 2.43 bits per heavy atom. The van der Waals surface area contributed by atoms with Crippen LogP contribution in [0.5, 0.6) is 0 Å². The van der Waals surface area contributed by atoms with Crippen molar-refractivity contribution in [3.8, 4) is 11.4 Å². The third kappa shape index (κ3) is 5.16. The maximum Gasteiger partial charge on any atom is 0.240 e. The Morgan fingerprint density at radius 1 is 1.11 bits per heavy atom. The number of aromatic nitrogens is 2. The molecule has 0 aliphatic carbocycles. The second-order valence-electron chi connectivity index (χ2n) is 5.87. The number of benzene rings is 2. The summed E-state index contributed by atoms with van der Waals surface area (Å²) in [6.07, 6.45) is 0.240. The molecule has 0 unspecified atom stereocenters. The van der Waals surface area contributed by atoms with E-state index in [1.807, 2.05) is 0 Å². The molecule has 2 N–H and O–H groups in total. The minimum absolute atomic E-state index is 0.0917. The molecule has 10 heteroatoms. The standard InChI is InChI=1S/C18H17ClN4O4S/c1-12(24)21-15-6-8-16(9-7-15)28(25,26)20-11-10-17-22-18(23-27-17)13-2-4-14(19)5-3-13/h2-9,20H,10-11H2,1H3,(H,21,24). The Balaban J connectivity index is 1.58. The molecule has 28 heavy (non-hydrogen) atoms. The maximum absolute atomic E-state index is 12.3. The Labute approximate surface area is 167 Å². The zero-order chi connectivity index (χ0) is 20.1. The molecule has 0 radical (unpaired) electrons. The van der Waals surface area contributed by atoms with Crippen molar-refractivity contribution < 1.29 is 17.7 Å². The molecule has 0 aliphatic rings. The Morgan fingerprint density at radius 2 is 1.79 bits per heavy atom. The molecule has 1 aromatic heterocycles. The molecule has 1 amide bonds. The van der Waals surface area contributed by atoms with Crippen LogP contribution in [0.1, 0.15) is 12.8 Å². The summed E-state index contributed by atoms with van der Waals surface area (Å²) in [4.78, 5) is 15.3. The molecule has 3 aromatic rings. The van der Waals surface area contributed by atoms with Gasteiger partial charge in [-0.1, -0.05) is 16.8 Å². The van der Waals surface area contributed by atoms with E-state index >= 15 is 0 Å². The zero-order valence-electron chi connectivity index (χ0n) is 14.8. The number of nitrogens with zero attached hydrogens (tertiary/aromatic N) is 2. The van der Waals surface area contributed by atoms with Gasteiger partial charge in [0.1, 0.15) is 0 Å². The number of halogens is 1. The van der Waals surface area contributed by atoms with Gasteiger partial charge in [0.2, 0.25) is 27.6 Å². The third-order valence-electron chi connectivity index (χ3n) is 3.69. The first-order valence-corrected chi connectivity index (χ1v) is 10.2. The molecule has 0 saturated carbocycles. The number of hydrogen-bond acceptors (Lipinski definition) is 6. The minimum Gasteiger partial charge on any atom is -0.339 e. The van der Waals surface area contributed by atoms with E-state index in [-0.39, 0.29) is 23.8 Å². The second kappa shape index (κ2) is 8.51. The van der Waals surface area contributed by atoms with Crippen LogP contribution < -0.4 is 10.0 Å². The highest BCUT2D eigenvalue weighted by Crippen LogP contribution is 2.19. The lowest BCUT2D eigenvalue weighted by atomic mass is 10.2. The first kappa shape index (κ1) is 20.0. The van der Waals surface area contributed by atoms with Crippen molar-refractivity contribution in [1.29, 1.82) is 0 Å². The lowest BCUT2D eigenvalue weighted by molar-refractivity contribution is -0.114. The second-order valence-corrected chi connectivity index (χ2v) is 8.08. The number of sulfonamides is 1. The third-order valence-corrected chi connectivity index (χ3v) is 5.42.